The fourth-order valence-corrected chi connectivity index (χ4v) is 9.59. The molecular weight excluding hydrogens is 886 g/mol. The Bertz CT molecular complexity index is 2810. The first-order chi connectivity index (χ1) is 31.7. The van der Waals surface area contributed by atoms with Crippen molar-refractivity contribution in [1.29, 1.82) is 0 Å². The van der Waals surface area contributed by atoms with Gasteiger partial charge >= 0.3 is 25.7 Å². The van der Waals surface area contributed by atoms with Crippen LogP contribution in [0.15, 0.2) is 89.5 Å². The summed E-state index contributed by atoms with van der Waals surface area (Å²) in [5, 5.41) is 47.6. The van der Waals surface area contributed by atoms with E-state index in [-0.39, 0.29) is 30.9 Å². The minimum atomic E-state index is -4.91. The molecule has 9 N–H and O–H groups in total. The molecule has 20 heteroatoms. The molecule has 5 aliphatic rings. The van der Waals surface area contributed by atoms with Crippen molar-refractivity contribution < 1.29 is 58.4 Å². The molecule has 0 radical (unpaired) electrons. The number of aromatic nitrogens is 1. The first kappa shape index (κ1) is 49.9. The molecule has 1 unspecified atom stereocenters. The lowest BCUT2D eigenvalue weighted by Gasteiger charge is -2.20. The Balaban J connectivity index is 1.08. The number of nitrogens with one attached hydrogen (secondary N) is 4. The van der Waals surface area contributed by atoms with Crippen molar-refractivity contribution in [2.24, 2.45) is 15.0 Å². The summed E-state index contributed by atoms with van der Waals surface area (Å²) in [5.41, 5.74) is 12.7. The first-order valence-corrected chi connectivity index (χ1v) is 23.6. The molecule has 1 aromatic rings. The van der Waals surface area contributed by atoms with Crippen molar-refractivity contribution in [2.45, 2.75) is 111 Å². The molecule has 4 aliphatic heterocycles. The van der Waals surface area contributed by atoms with E-state index in [0.29, 0.717) is 60.6 Å². The monoisotopic (exact) mass is 941 g/mol. The third-order valence-electron chi connectivity index (χ3n) is 12.3. The maximum absolute atomic E-state index is 13.3. The predicted molar refractivity (Wildman–Crippen MR) is 251 cm³/mol. The van der Waals surface area contributed by atoms with E-state index in [4.69, 9.17) is 24.6 Å². The average Bonchev–Trinajstić information content (AvgIpc) is 4.02. The third-order valence-corrected chi connectivity index (χ3v) is 13.4. The van der Waals surface area contributed by atoms with Crippen LogP contribution in [0.4, 0.5) is 0 Å². The van der Waals surface area contributed by atoms with Crippen molar-refractivity contribution in [3.05, 3.63) is 96.3 Å². The third kappa shape index (κ3) is 11.4. The average molecular weight is 942 g/mol. The Labute approximate surface area is 386 Å². The molecule has 1 aromatic heterocycles. The van der Waals surface area contributed by atoms with Gasteiger partial charge in [-0.3, -0.25) is 23.7 Å². The summed E-state index contributed by atoms with van der Waals surface area (Å²) in [4.78, 5) is 88.6. The molecule has 8 bridgehead atoms. The SMILES string of the molecule is C=Cc1c(C)c2[nH]c1=CC1=NC(=CC3=C(C)C4=C(O)CC(=C5N=C(C=2)C(C)=C5CCC(=O)NCCCCCC(=O)N[C@@H](COP(=O)(O)N[C@@H](CCC(=O)O)C(=O)O)C(=O)O)C4=N3)C(CC)=C1C. The highest BCUT2D eigenvalue weighted by Gasteiger charge is 2.37. The summed E-state index contributed by atoms with van der Waals surface area (Å²) in [5.74, 6) is -5.19. The summed E-state index contributed by atoms with van der Waals surface area (Å²) in [6.07, 6.45) is 9.44. The van der Waals surface area contributed by atoms with Gasteiger partial charge in [-0.05, 0) is 111 Å². The van der Waals surface area contributed by atoms with Crippen LogP contribution in [0, 0.1) is 6.92 Å². The molecule has 67 heavy (non-hydrogen) atoms. The lowest BCUT2D eigenvalue weighted by molar-refractivity contribution is -0.143. The molecule has 1 aliphatic carbocycles. The number of rotatable bonds is 22. The highest BCUT2D eigenvalue weighted by molar-refractivity contribution is 7.50. The molecule has 356 valence electrons. The number of hydrogen-bond donors (Lipinski definition) is 9. The normalized spacial score (nSPS) is 18.2. The van der Waals surface area contributed by atoms with Crippen LogP contribution >= 0.6 is 7.75 Å². The number of allylic oxidation sites excluding steroid dienone is 8. The summed E-state index contributed by atoms with van der Waals surface area (Å²) >= 11 is 0. The number of H-pyrrole nitrogens is 1. The standard InChI is InChI=1S/C47H56N7O12P/c1-7-27-23(3)32-19-34-25(5)29(44(52-34)30-18-39(55)43-26(6)35(53-45(30)43)21-37-28(8-2)24(4)33(50-37)20-36(27)49-32)13-15-40(56)48-17-11-9-10-12-41(57)51-38(47(62)63)22-66-67(64,65)54-31(46(60)61)14-16-42(58)59/h7,19-21,31,38,49,55H,1,8-18,22H2,2-6H3,(H,48,56)(H,51,57)(H,58,59)(H,60,61)(H,62,63)(H2,54,64,65)/t31-,38-/m0/s1. The number of carbonyl (C=O) groups is 5. The molecule has 19 nitrogen and oxygen atoms in total. The van der Waals surface area contributed by atoms with Gasteiger partial charge in [-0.1, -0.05) is 26.0 Å². The zero-order chi connectivity index (χ0) is 48.9. The number of carboxylic acids is 3. The zero-order valence-electron chi connectivity index (χ0n) is 38.0. The van der Waals surface area contributed by atoms with Gasteiger partial charge in [-0.2, -0.15) is 0 Å². The van der Waals surface area contributed by atoms with E-state index < -0.39 is 63.1 Å². The number of aliphatic hydroxyl groups excluding tert-OH is 1. The molecule has 0 aromatic carbocycles. The van der Waals surface area contributed by atoms with Crippen LogP contribution < -0.4 is 26.4 Å². The van der Waals surface area contributed by atoms with Gasteiger partial charge in [0.1, 0.15) is 11.8 Å². The summed E-state index contributed by atoms with van der Waals surface area (Å²) in [6.45, 7) is 13.6. The molecular formula is C47H56N7O12P. The number of aliphatic imine (C=N–C) groups is 3. The topological polar surface area (TPSA) is 302 Å². The minimum absolute atomic E-state index is 0.0968. The number of unbranched alkanes of at least 4 members (excludes halogenated alkanes) is 2. The van der Waals surface area contributed by atoms with Crippen LogP contribution in [0.3, 0.4) is 0 Å². The summed E-state index contributed by atoms with van der Waals surface area (Å²) in [7, 11) is -4.91. The Morgan fingerprint density at radius 3 is 2.22 bits per heavy atom. The number of aromatic amines is 1. The van der Waals surface area contributed by atoms with Gasteiger partial charge in [-0.25, -0.2) is 29.4 Å². The van der Waals surface area contributed by atoms with Gasteiger partial charge in [0.05, 0.1) is 40.8 Å². The highest BCUT2D eigenvalue weighted by atomic mass is 31.2. The van der Waals surface area contributed by atoms with Crippen molar-refractivity contribution in [3.8, 4) is 0 Å². The van der Waals surface area contributed by atoms with E-state index >= 15 is 0 Å². The number of aliphatic hydroxyl groups is 1. The van der Waals surface area contributed by atoms with Gasteiger partial charge < -0.3 is 40.9 Å². The Morgan fingerprint density at radius 2 is 1.55 bits per heavy atom. The van der Waals surface area contributed by atoms with Crippen molar-refractivity contribution >= 4 is 72.8 Å². The molecule has 0 saturated heterocycles. The molecule has 5 heterocycles. The highest BCUT2D eigenvalue weighted by Crippen LogP contribution is 2.45. The number of carbonyl (C=O) groups excluding carboxylic acids is 2. The van der Waals surface area contributed by atoms with Gasteiger partial charge in [0.15, 0.2) is 6.04 Å². The van der Waals surface area contributed by atoms with E-state index in [2.05, 4.69) is 36.0 Å². The Hall–Kier alpha value is -6.53. The largest absolute Gasteiger partial charge is 0.511 e. The second-order valence-electron chi connectivity index (χ2n) is 16.8. The minimum Gasteiger partial charge on any atom is -0.511 e. The fraction of sp³-hybridized carbons (Fsp3) is 0.404. The molecule has 0 fully saturated rings. The number of amides is 2. The van der Waals surface area contributed by atoms with Crippen LogP contribution in [0.25, 0.3) is 18.2 Å². The van der Waals surface area contributed by atoms with Gasteiger partial charge in [0.25, 0.3) is 0 Å². The van der Waals surface area contributed by atoms with Gasteiger partial charge in [-0.15, -0.1) is 0 Å². The molecule has 6 rings (SSSR count). The van der Waals surface area contributed by atoms with Gasteiger partial charge in [0, 0.05) is 59.6 Å². The smallest absolute Gasteiger partial charge is 0.403 e. The lowest BCUT2D eigenvalue weighted by Crippen LogP contribution is -2.44. The Morgan fingerprint density at radius 1 is 0.866 bits per heavy atom. The van der Waals surface area contributed by atoms with E-state index in [1.165, 1.54) is 0 Å². The summed E-state index contributed by atoms with van der Waals surface area (Å²) in [6, 6.07) is -3.51. The quantitative estimate of drug-likeness (QED) is 0.0567. The van der Waals surface area contributed by atoms with Crippen LogP contribution in [-0.4, -0.2) is 102 Å². The van der Waals surface area contributed by atoms with E-state index in [1.54, 1.807) is 5.09 Å². The number of carboxylic acid groups (broad SMARTS) is 3. The number of fused-ring (bicyclic) bond motifs is 5. The lowest BCUT2D eigenvalue weighted by atomic mass is 9.95. The molecule has 0 spiro atoms. The van der Waals surface area contributed by atoms with Gasteiger partial charge in [0.2, 0.25) is 11.8 Å². The zero-order valence-corrected chi connectivity index (χ0v) is 38.9. The predicted octanol–water partition coefficient (Wildman–Crippen LogP) is 4.63. The van der Waals surface area contributed by atoms with Crippen LogP contribution in [0.5, 0.6) is 0 Å². The molecule has 2 amide bonds. The van der Waals surface area contributed by atoms with Crippen LogP contribution in [0.1, 0.15) is 103 Å². The second-order valence-corrected chi connectivity index (χ2v) is 18.3. The van der Waals surface area contributed by atoms with E-state index in [0.717, 1.165) is 73.1 Å². The number of hydrogen-bond acceptors (Lipinski definition) is 11. The first-order valence-electron chi connectivity index (χ1n) is 22.0. The second kappa shape index (κ2) is 21.0. The fourth-order valence-electron chi connectivity index (χ4n) is 8.53. The molecule has 0 saturated carbocycles. The van der Waals surface area contributed by atoms with Crippen molar-refractivity contribution in [2.75, 3.05) is 13.2 Å². The number of nitrogens with zero attached hydrogens (tertiary/aromatic N) is 3. The van der Waals surface area contributed by atoms with E-state index in [1.807, 2.05) is 45.1 Å². The van der Waals surface area contributed by atoms with Crippen molar-refractivity contribution in [3.63, 3.8) is 0 Å². The molecule has 3 atom stereocenters. The Kier molecular flexibility index (Phi) is 15.6. The number of aliphatic carboxylic acids is 3. The summed E-state index contributed by atoms with van der Waals surface area (Å²) < 4.78 is 17.1. The van der Waals surface area contributed by atoms with E-state index in [9.17, 15) is 48.8 Å². The maximum atomic E-state index is 13.3. The van der Waals surface area contributed by atoms with Crippen LogP contribution in [0.2, 0.25) is 0 Å². The van der Waals surface area contributed by atoms with Crippen LogP contribution in [-0.2, 0) is 33.1 Å². The maximum Gasteiger partial charge on any atom is 0.403 e. The van der Waals surface area contributed by atoms with Crippen molar-refractivity contribution in [1.82, 2.24) is 20.7 Å².